The number of fused-ring (bicyclic) bond motifs is 1. The summed E-state index contributed by atoms with van der Waals surface area (Å²) < 4.78 is 0. The molecule has 0 spiro atoms. The second kappa shape index (κ2) is 4.94. The maximum atomic E-state index is 12.7. The van der Waals surface area contributed by atoms with E-state index in [9.17, 15) is 9.90 Å². The van der Waals surface area contributed by atoms with Gasteiger partial charge in [0.1, 0.15) is 5.75 Å². The highest BCUT2D eigenvalue weighted by atomic mass is 32.1. The van der Waals surface area contributed by atoms with E-state index in [1.54, 1.807) is 36.5 Å². The zero-order chi connectivity index (χ0) is 14.3. The first-order valence-corrected chi connectivity index (χ1v) is 7.63. The first kappa shape index (κ1) is 13.2. The van der Waals surface area contributed by atoms with Crippen molar-refractivity contribution in [1.82, 2.24) is 4.90 Å². The van der Waals surface area contributed by atoms with Crippen molar-refractivity contribution < 1.29 is 9.90 Å². The van der Waals surface area contributed by atoms with Gasteiger partial charge in [0.2, 0.25) is 0 Å². The van der Waals surface area contributed by atoms with Crippen LogP contribution in [0.1, 0.15) is 39.3 Å². The summed E-state index contributed by atoms with van der Waals surface area (Å²) in [5.74, 6) is 0.180. The number of rotatable bonds is 1. The molecule has 1 aliphatic rings. The fourth-order valence-corrected chi connectivity index (χ4v) is 3.76. The summed E-state index contributed by atoms with van der Waals surface area (Å²) in [5, 5.41) is 11.9. The quantitative estimate of drug-likeness (QED) is 0.871. The van der Waals surface area contributed by atoms with Gasteiger partial charge in [-0.1, -0.05) is 6.07 Å². The minimum Gasteiger partial charge on any atom is -0.508 e. The Balaban J connectivity index is 1.94. The molecule has 1 unspecified atom stereocenters. The Morgan fingerprint density at radius 3 is 3.00 bits per heavy atom. The SMILES string of the molecule is Cc1c(O)cccc1C(=O)N1CCc2sccc2C1C. The molecular formula is C16H17NO2S. The van der Waals surface area contributed by atoms with Gasteiger partial charge in [0, 0.05) is 22.5 Å². The molecule has 3 nitrogen and oxygen atoms in total. The molecule has 1 atom stereocenters. The number of hydrogen-bond acceptors (Lipinski definition) is 3. The summed E-state index contributed by atoms with van der Waals surface area (Å²) in [6, 6.07) is 7.33. The predicted molar refractivity (Wildman–Crippen MR) is 80.3 cm³/mol. The third kappa shape index (κ3) is 2.00. The molecule has 1 aliphatic heterocycles. The molecule has 2 aromatic rings. The molecule has 0 aliphatic carbocycles. The molecule has 104 valence electrons. The maximum absolute atomic E-state index is 12.7. The second-order valence-electron chi connectivity index (χ2n) is 5.17. The van der Waals surface area contributed by atoms with Gasteiger partial charge < -0.3 is 10.0 Å². The third-order valence-corrected chi connectivity index (χ3v) is 5.07. The smallest absolute Gasteiger partial charge is 0.254 e. The van der Waals surface area contributed by atoms with Crippen LogP contribution in [0.25, 0.3) is 0 Å². The zero-order valence-corrected chi connectivity index (χ0v) is 12.4. The van der Waals surface area contributed by atoms with Crippen LogP contribution in [-0.4, -0.2) is 22.5 Å². The minimum absolute atomic E-state index is 0.00255. The van der Waals surface area contributed by atoms with Gasteiger partial charge in [-0.2, -0.15) is 0 Å². The number of carbonyl (C=O) groups excluding carboxylic acids is 1. The van der Waals surface area contributed by atoms with Gasteiger partial charge in [-0.3, -0.25) is 4.79 Å². The molecule has 1 N–H and O–H groups in total. The summed E-state index contributed by atoms with van der Waals surface area (Å²) in [6.45, 7) is 4.59. The Morgan fingerprint density at radius 1 is 1.40 bits per heavy atom. The van der Waals surface area contributed by atoms with Crippen LogP contribution in [0.2, 0.25) is 0 Å². The van der Waals surface area contributed by atoms with Gasteiger partial charge in [-0.05, 0) is 49.4 Å². The molecule has 0 saturated heterocycles. The van der Waals surface area contributed by atoms with Crippen LogP contribution in [0.5, 0.6) is 5.75 Å². The predicted octanol–water partition coefficient (Wildman–Crippen LogP) is 3.52. The number of hydrogen-bond donors (Lipinski definition) is 1. The van der Waals surface area contributed by atoms with Crippen molar-refractivity contribution in [2.45, 2.75) is 26.3 Å². The normalized spacial score (nSPS) is 17.9. The number of amides is 1. The number of thiophene rings is 1. The van der Waals surface area contributed by atoms with Crippen LogP contribution >= 0.6 is 11.3 Å². The summed E-state index contributed by atoms with van der Waals surface area (Å²) in [4.78, 5) is 16.0. The minimum atomic E-state index is 0.00255. The molecule has 2 heterocycles. The maximum Gasteiger partial charge on any atom is 0.254 e. The summed E-state index contributed by atoms with van der Waals surface area (Å²) in [7, 11) is 0. The molecule has 1 aromatic heterocycles. The number of aromatic hydroxyl groups is 1. The second-order valence-corrected chi connectivity index (χ2v) is 6.17. The summed E-state index contributed by atoms with van der Waals surface area (Å²) in [6.07, 6.45) is 0.918. The van der Waals surface area contributed by atoms with E-state index in [4.69, 9.17) is 0 Å². The number of benzene rings is 1. The van der Waals surface area contributed by atoms with E-state index in [1.165, 1.54) is 10.4 Å². The monoisotopic (exact) mass is 287 g/mol. The van der Waals surface area contributed by atoms with Crippen LogP contribution in [0.4, 0.5) is 0 Å². The molecule has 0 bridgehead atoms. The number of carbonyl (C=O) groups is 1. The van der Waals surface area contributed by atoms with Gasteiger partial charge >= 0.3 is 0 Å². The van der Waals surface area contributed by atoms with Crippen LogP contribution < -0.4 is 0 Å². The molecule has 0 saturated carbocycles. The van der Waals surface area contributed by atoms with Crippen LogP contribution in [-0.2, 0) is 6.42 Å². The van der Waals surface area contributed by atoms with E-state index in [0.29, 0.717) is 11.1 Å². The lowest BCUT2D eigenvalue weighted by Crippen LogP contribution is -2.38. The first-order valence-electron chi connectivity index (χ1n) is 6.75. The third-order valence-electron chi connectivity index (χ3n) is 4.07. The largest absolute Gasteiger partial charge is 0.508 e. The highest BCUT2D eigenvalue weighted by Gasteiger charge is 2.29. The van der Waals surface area contributed by atoms with Gasteiger partial charge in [0.25, 0.3) is 5.91 Å². The average Bonchev–Trinajstić information content (AvgIpc) is 2.91. The van der Waals surface area contributed by atoms with E-state index in [1.807, 2.05) is 4.90 Å². The van der Waals surface area contributed by atoms with Gasteiger partial charge in [0.15, 0.2) is 0 Å². The Labute approximate surface area is 122 Å². The van der Waals surface area contributed by atoms with Crippen molar-refractivity contribution in [1.29, 1.82) is 0 Å². The highest BCUT2D eigenvalue weighted by Crippen LogP contribution is 2.34. The molecule has 4 heteroatoms. The number of nitrogens with zero attached hydrogens (tertiary/aromatic N) is 1. The Bertz CT molecular complexity index is 662. The van der Waals surface area contributed by atoms with E-state index in [-0.39, 0.29) is 17.7 Å². The van der Waals surface area contributed by atoms with E-state index < -0.39 is 0 Å². The fourth-order valence-electron chi connectivity index (χ4n) is 2.80. The lowest BCUT2D eigenvalue weighted by Gasteiger charge is -2.34. The average molecular weight is 287 g/mol. The fraction of sp³-hybridized carbons (Fsp3) is 0.312. The summed E-state index contributed by atoms with van der Waals surface area (Å²) >= 11 is 1.77. The molecule has 3 rings (SSSR count). The molecular weight excluding hydrogens is 270 g/mol. The van der Waals surface area contributed by atoms with Crippen LogP contribution in [0, 0.1) is 6.92 Å². The van der Waals surface area contributed by atoms with E-state index >= 15 is 0 Å². The first-order chi connectivity index (χ1) is 9.59. The van der Waals surface area contributed by atoms with Crippen LogP contribution in [0.3, 0.4) is 0 Å². The lowest BCUT2D eigenvalue weighted by atomic mass is 9.99. The lowest BCUT2D eigenvalue weighted by molar-refractivity contribution is 0.0678. The Kier molecular flexibility index (Phi) is 3.26. The number of phenolic OH excluding ortho intramolecular Hbond substituents is 1. The van der Waals surface area contributed by atoms with Crippen LogP contribution in [0.15, 0.2) is 29.6 Å². The van der Waals surface area contributed by atoms with Gasteiger partial charge in [-0.25, -0.2) is 0 Å². The topological polar surface area (TPSA) is 40.5 Å². The standard InChI is InChI=1S/C16H17NO2S/c1-10-12(4-3-5-14(10)18)16(19)17-8-6-15-13(11(17)2)7-9-20-15/h3-5,7,9,11,18H,6,8H2,1-2H3. The molecule has 0 radical (unpaired) electrons. The Hall–Kier alpha value is -1.81. The van der Waals surface area contributed by atoms with E-state index in [2.05, 4.69) is 18.4 Å². The number of phenols is 1. The van der Waals surface area contributed by atoms with Gasteiger partial charge in [-0.15, -0.1) is 11.3 Å². The summed E-state index contributed by atoms with van der Waals surface area (Å²) in [5.41, 5.74) is 2.50. The van der Waals surface area contributed by atoms with Crippen molar-refractivity contribution in [3.63, 3.8) is 0 Å². The van der Waals surface area contributed by atoms with Gasteiger partial charge in [0.05, 0.1) is 6.04 Å². The molecule has 1 aromatic carbocycles. The van der Waals surface area contributed by atoms with Crippen molar-refractivity contribution in [3.8, 4) is 5.75 Å². The zero-order valence-electron chi connectivity index (χ0n) is 11.6. The van der Waals surface area contributed by atoms with Crippen molar-refractivity contribution in [2.24, 2.45) is 0 Å². The van der Waals surface area contributed by atoms with E-state index in [0.717, 1.165) is 13.0 Å². The van der Waals surface area contributed by atoms with Crippen molar-refractivity contribution >= 4 is 17.2 Å². The molecule has 1 amide bonds. The van der Waals surface area contributed by atoms with Crippen molar-refractivity contribution in [2.75, 3.05) is 6.54 Å². The van der Waals surface area contributed by atoms with Crippen molar-refractivity contribution in [3.05, 3.63) is 51.2 Å². The Morgan fingerprint density at radius 2 is 2.20 bits per heavy atom. The molecule has 20 heavy (non-hydrogen) atoms. The highest BCUT2D eigenvalue weighted by molar-refractivity contribution is 7.10. The molecule has 0 fully saturated rings.